The fourth-order valence-corrected chi connectivity index (χ4v) is 7.69. The third kappa shape index (κ3) is 3.83. The molecule has 1 aliphatic carbocycles. The van der Waals surface area contributed by atoms with Crippen molar-refractivity contribution < 1.29 is 0 Å². The Labute approximate surface area is 245 Å². The number of nitrogens with zero attached hydrogens (tertiary/aromatic N) is 1. The lowest BCUT2D eigenvalue weighted by atomic mass is 9.82. The topological polar surface area (TPSA) is 3.24 Å². The fraction of sp³-hybridized carbons (Fsp3) is 0.0769. The summed E-state index contributed by atoms with van der Waals surface area (Å²) in [5.74, 6) is 0. The molecular formula is C39H29NS. The number of rotatable bonds is 4. The molecule has 0 bridgehead atoms. The Morgan fingerprint density at radius 3 is 2.05 bits per heavy atom. The number of hydrogen-bond acceptors (Lipinski definition) is 2. The molecule has 0 aliphatic heterocycles. The quantitative estimate of drug-likeness (QED) is 0.213. The Morgan fingerprint density at radius 1 is 0.463 bits per heavy atom. The molecule has 6 aromatic carbocycles. The van der Waals surface area contributed by atoms with Crippen LogP contribution in [0.4, 0.5) is 17.1 Å². The van der Waals surface area contributed by atoms with Crippen molar-refractivity contribution in [2.45, 2.75) is 19.3 Å². The molecular weight excluding hydrogens is 515 g/mol. The molecule has 0 atom stereocenters. The van der Waals surface area contributed by atoms with Gasteiger partial charge in [0.15, 0.2) is 0 Å². The van der Waals surface area contributed by atoms with E-state index in [9.17, 15) is 0 Å². The molecule has 0 saturated heterocycles. The van der Waals surface area contributed by atoms with Crippen molar-refractivity contribution in [3.63, 3.8) is 0 Å². The Kier molecular flexibility index (Phi) is 5.42. The maximum atomic E-state index is 2.39. The summed E-state index contributed by atoms with van der Waals surface area (Å²) in [4.78, 5) is 2.38. The van der Waals surface area contributed by atoms with Gasteiger partial charge in [-0.1, -0.05) is 98.8 Å². The second-order valence-corrected chi connectivity index (χ2v) is 12.5. The minimum absolute atomic E-state index is 0.0148. The van der Waals surface area contributed by atoms with Gasteiger partial charge in [-0.2, -0.15) is 0 Å². The summed E-state index contributed by atoms with van der Waals surface area (Å²) >= 11 is 1.86. The summed E-state index contributed by atoms with van der Waals surface area (Å²) in [7, 11) is 0. The van der Waals surface area contributed by atoms with E-state index in [0.717, 1.165) is 17.1 Å². The molecule has 41 heavy (non-hydrogen) atoms. The van der Waals surface area contributed by atoms with E-state index in [1.807, 2.05) is 11.3 Å². The average molecular weight is 544 g/mol. The van der Waals surface area contributed by atoms with Crippen LogP contribution in [0.25, 0.3) is 42.4 Å². The Balaban J connectivity index is 1.27. The largest absolute Gasteiger partial charge is 0.310 e. The summed E-state index contributed by atoms with van der Waals surface area (Å²) in [6.07, 6.45) is 0. The maximum Gasteiger partial charge on any atom is 0.0468 e. The van der Waals surface area contributed by atoms with Crippen molar-refractivity contribution in [1.29, 1.82) is 0 Å². The summed E-state index contributed by atoms with van der Waals surface area (Å²) in [5, 5.41) is 2.62. The lowest BCUT2D eigenvalue weighted by molar-refractivity contribution is 0.660. The monoisotopic (exact) mass is 543 g/mol. The third-order valence-electron chi connectivity index (χ3n) is 8.65. The summed E-state index contributed by atoms with van der Waals surface area (Å²) in [6.45, 7) is 4.67. The minimum atomic E-state index is 0.0148. The molecule has 0 spiro atoms. The van der Waals surface area contributed by atoms with Gasteiger partial charge in [0.1, 0.15) is 0 Å². The molecule has 0 fully saturated rings. The Bertz CT molecular complexity index is 2080. The second-order valence-electron chi connectivity index (χ2n) is 11.4. The van der Waals surface area contributed by atoms with E-state index in [4.69, 9.17) is 0 Å². The van der Waals surface area contributed by atoms with Crippen LogP contribution >= 0.6 is 11.3 Å². The van der Waals surface area contributed by atoms with E-state index in [0.29, 0.717) is 0 Å². The first kappa shape index (κ1) is 24.2. The van der Waals surface area contributed by atoms with E-state index >= 15 is 0 Å². The van der Waals surface area contributed by atoms with E-state index in [1.165, 1.54) is 53.6 Å². The molecule has 1 nitrogen and oxygen atoms in total. The van der Waals surface area contributed by atoms with E-state index in [1.54, 1.807) is 0 Å². The van der Waals surface area contributed by atoms with Crippen molar-refractivity contribution in [3.05, 3.63) is 151 Å². The highest BCUT2D eigenvalue weighted by molar-refractivity contribution is 7.25. The normalized spacial score (nSPS) is 13.3. The number of para-hydroxylation sites is 1. The smallest absolute Gasteiger partial charge is 0.0468 e. The first-order valence-corrected chi connectivity index (χ1v) is 15.0. The van der Waals surface area contributed by atoms with Gasteiger partial charge >= 0.3 is 0 Å². The number of anilines is 3. The summed E-state index contributed by atoms with van der Waals surface area (Å²) in [5.41, 5.74) is 11.4. The zero-order chi connectivity index (χ0) is 27.6. The molecule has 0 N–H and O–H groups in total. The predicted molar refractivity (Wildman–Crippen MR) is 177 cm³/mol. The first-order chi connectivity index (χ1) is 20.1. The lowest BCUT2D eigenvalue weighted by Gasteiger charge is -2.26. The SMILES string of the molecule is CC1(C)c2ccccc2-c2cc(-c3cccc(N(c4ccccc4)c4ccc5sc6ccccc6c5c4)c3)ccc21. The minimum Gasteiger partial charge on any atom is -0.310 e. The molecule has 2 heteroatoms. The molecule has 0 amide bonds. The van der Waals surface area contributed by atoms with Crippen molar-refractivity contribution in [2.24, 2.45) is 0 Å². The fourth-order valence-electron chi connectivity index (χ4n) is 6.60. The average Bonchev–Trinajstić information content (AvgIpc) is 3.50. The maximum absolute atomic E-state index is 2.39. The van der Waals surface area contributed by atoms with Gasteiger partial charge in [-0.25, -0.2) is 0 Å². The second kappa shape index (κ2) is 9.19. The zero-order valence-electron chi connectivity index (χ0n) is 23.1. The van der Waals surface area contributed by atoms with Crippen molar-refractivity contribution >= 4 is 48.6 Å². The summed E-state index contributed by atoms with van der Waals surface area (Å²) in [6, 6.07) is 51.1. The van der Waals surface area contributed by atoms with Gasteiger partial charge in [-0.15, -0.1) is 11.3 Å². The number of fused-ring (bicyclic) bond motifs is 6. The molecule has 8 rings (SSSR count). The molecule has 7 aromatic rings. The van der Waals surface area contributed by atoms with Gasteiger partial charge in [-0.3, -0.25) is 0 Å². The van der Waals surface area contributed by atoms with Crippen LogP contribution in [-0.4, -0.2) is 0 Å². The van der Waals surface area contributed by atoms with Gasteiger partial charge in [0.2, 0.25) is 0 Å². The van der Waals surface area contributed by atoms with Gasteiger partial charge in [-0.05, 0) is 88.0 Å². The first-order valence-electron chi connectivity index (χ1n) is 14.2. The Morgan fingerprint density at radius 2 is 1.15 bits per heavy atom. The molecule has 0 saturated carbocycles. The molecule has 1 aliphatic rings. The van der Waals surface area contributed by atoms with Crippen LogP contribution < -0.4 is 4.90 Å². The number of thiophene rings is 1. The van der Waals surface area contributed by atoms with Crippen LogP contribution in [0.1, 0.15) is 25.0 Å². The highest BCUT2D eigenvalue weighted by atomic mass is 32.1. The van der Waals surface area contributed by atoms with Crippen LogP contribution in [0, 0.1) is 0 Å². The lowest BCUT2D eigenvalue weighted by Crippen LogP contribution is -2.14. The molecule has 1 aromatic heterocycles. The zero-order valence-corrected chi connectivity index (χ0v) is 24.0. The van der Waals surface area contributed by atoms with Gasteiger partial charge in [0.25, 0.3) is 0 Å². The van der Waals surface area contributed by atoms with E-state index < -0.39 is 0 Å². The van der Waals surface area contributed by atoms with Crippen LogP contribution in [0.3, 0.4) is 0 Å². The molecule has 1 heterocycles. The van der Waals surface area contributed by atoms with E-state index in [-0.39, 0.29) is 5.41 Å². The highest BCUT2D eigenvalue weighted by Gasteiger charge is 2.35. The van der Waals surface area contributed by atoms with Crippen molar-refractivity contribution in [3.8, 4) is 22.3 Å². The van der Waals surface area contributed by atoms with Gasteiger partial charge in [0, 0.05) is 42.6 Å². The van der Waals surface area contributed by atoms with Crippen LogP contribution in [-0.2, 0) is 5.41 Å². The van der Waals surface area contributed by atoms with Crippen LogP contribution in [0.15, 0.2) is 140 Å². The summed E-state index contributed by atoms with van der Waals surface area (Å²) < 4.78 is 2.65. The molecule has 0 radical (unpaired) electrons. The third-order valence-corrected chi connectivity index (χ3v) is 9.81. The van der Waals surface area contributed by atoms with Crippen LogP contribution in [0.2, 0.25) is 0 Å². The predicted octanol–water partition coefficient (Wildman–Crippen LogP) is 11.5. The van der Waals surface area contributed by atoms with Gasteiger partial charge in [0.05, 0.1) is 0 Å². The number of benzene rings is 6. The van der Waals surface area contributed by atoms with Crippen molar-refractivity contribution in [2.75, 3.05) is 4.90 Å². The van der Waals surface area contributed by atoms with Crippen molar-refractivity contribution in [1.82, 2.24) is 0 Å². The number of hydrogen-bond donors (Lipinski definition) is 0. The van der Waals surface area contributed by atoms with Gasteiger partial charge < -0.3 is 4.90 Å². The molecule has 196 valence electrons. The van der Waals surface area contributed by atoms with Crippen LogP contribution in [0.5, 0.6) is 0 Å². The molecule has 0 unspecified atom stereocenters. The highest BCUT2D eigenvalue weighted by Crippen LogP contribution is 2.49. The Hall–Kier alpha value is -4.66. The van der Waals surface area contributed by atoms with E-state index in [2.05, 4.69) is 158 Å². The standard InChI is InChI=1S/C39H29NS/c1-39(2)35-17-8-6-15-31(35)33-24-27(19-21-36(33)39)26-11-10-14-29(23-26)40(28-12-4-3-5-13-28)30-20-22-38-34(25-30)32-16-7-9-18-37(32)41-38/h3-25H,1-2H3.